The van der Waals surface area contributed by atoms with Crippen molar-refractivity contribution in [1.29, 1.82) is 0 Å². The Morgan fingerprint density at radius 1 is 0.385 bits per heavy atom. The van der Waals surface area contributed by atoms with Gasteiger partial charge in [-0.25, -0.2) is 0 Å². The van der Waals surface area contributed by atoms with Crippen molar-refractivity contribution >= 4 is 38.9 Å². The molecule has 0 unspecified atom stereocenters. The molecule has 0 aliphatic heterocycles. The van der Waals surface area contributed by atoms with Crippen LogP contribution in [-0.4, -0.2) is 4.57 Å². The van der Waals surface area contributed by atoms with Crippen molar-refractivity contribution in [1.82, 2.24) is 4.57 Å². The first-order chi connectivity index (χ1) is 32.1. The summed E-state index contributed by atoms with van der Waals surface area (Å²) in [5.74, 6) is 0. The molecule has 11 aromatic rings. The molecule has 10 aromatic carbocycles. The minimum absolute atomic E-state index is 0.512. The Morgan fingerprint density at radius 2 is 0.877 bits per heavy atom. The maximum Gasteiger partial charge on any atom is 0.0746 e. The van der Waals surface area contributed by atoms with Gasteiger partial charge in [0.1, 0.15) is 0 Å². The molecule has 306 valence electrons. The van der Waals surface area contributed by atoms with Crippen LogP contribution >= 0.6 is 0 Å². The average Bonchev–Trinajstić information content (AvgIpc) is 3.98. The van der Waals surface area contributed by atoms with Gasteiger partial charge in [-0.15, -0.1) is 0 Å². The summed E-state index contributed by atoms with van der Waals surface area (Å²) in [6.07, 6.45) is 0. The number of hydrogen-bond donors (Lipinski definition) is 0. The van der Waals surface area contributed by atoms with E-state index in [1.165, 1.54) is 111 Å². The van der Waals surface area contributed by atoms with Crippen LogP contribution in [0, 0.1) is 13.8 Å². The maximum atomic E-state index is 2.57. The smallest absolute Gasteiger partial charge is 0.0746 e. The fourth-order valence-corrected chi connectivity index (χ4v) is 11.7. The van der Waals surface area contributed by atoms with Crippen LogP contribution in [-0.2, 0) is 5.41 Å². The molecule has 1 heterocycles. The minimum atomic E-state index is -0.512. The third kappa shape index (κ3) is 5.35. The summed E-state index contributed by atoms with van der Waals surface area (Å²) in [5.41, 5.74) is 24.4. The summed E-state index contributed by atoms with van der Waals surface area (Å²) < 4.78 is 2.41. The number of fused-ring (bicyclic) bond motifs is 13. The number of anilines is 3. The van der Waals surface area contributed by atoms with Crippen LogP contribution in [0.5, 0.6) is 0 Å². The molecule has 2 aliphatic carbocycles. The zero-order chi connectivity index (χ0) is 43.2. The van der Waals surface area contributed by atoms with E-state index < -0.39 is 5.41 Å². The molecule has 0 radical (unpaired) electrons. The molecule has 1 aromatic heterocycles. The van der Waals surface area contributed by atoms with Crippen LogP contribution in [0.4, 0.5) is 17.1 Å². The van der Waals surface area contributed by atoms with E-state index in [2.05, 4.69) is 254 Å². The Morgan fingerprint density at radius 3 is 1.54 bits per heavy atom. The molecule has 0 atom stereocenters. The van der Waals surface area contributed by atoms with Gasteiger partial charge in [-0.2, -0.15) is 0 Å². The number of aromatic nitrogens is 1. The lowest BCUT2D eigenvalue weighted by atomic mass is 9.70. The molecule has 13 rings (SSSR count). The van der Waals surface area contributed by atoms with E-state index in [-0.39, 0.29) is 0 Å². The predicted octanol–water partition coefficient (Wildman–Crippen LogP) is 16.5. The van der Waals surface area contributed by atoms with Gasteiger partial charge in [0.15, 0.2) is 0 Å². The highest BCUT2D eigenvalue weighted by molar-refractivity contribution is 6.16. The van der Waals surface area contributed by atoms with Gasteiger partial charge in [0.25, 0.3) is 0 Å². The van der Waals surface area contributed by atoms with Crippen LogP contribution in [0.2, 0.25) is 0 Å². The van der Waals surface area contributed by atoms with Crippen LogP contribution in [0.1, 0.15) is 33.4 Å². The van der Waals surface area contributed by atoms with Gasteiger partial charge in [-0.1, -0.05) is 176 Å². The second kappa shape index (κ2) is 14.4. The van der Waals surface area contributed by atoms with Crippen molar-refractivity contribution in [2.24, 2.45) is 0 Å². The van der Waals surface area contributed by atoms with Crippen molar-refractivity contribution in [3.05, 3.63) is 264 Å². The second-order valence-electron chi connectivity index (χ2n) is 17.7. The molecule has 0 amide bonds. The lowest BCUT2D eigenvalue weighted by Gasteiger charge is -2.37. The summed E-state index contributed by atoms with van der Waals surface area (Å²) in [7, 11) is 0. The first kappa shape index (κ1) is 37.4. The van der Waals surface area contributed by atoms with Crippen LogP contribution in [0.25, 0.3) is 72.0 Å². The van der Waals surface area contributed by atoms with Crippen LogP contribution in [0.3, 0.4) is 0 Å². The first-order valence-electron chi connectivity index (χ1n) is 22.7. The van der Waals surface area contributed by atoms with E-state index in [0.717, 1.165) is 11.4 Å². The van der Waals surface area contributed by atoms with Crippen LogP contribution in [0.15, 0.2) is 231 Å². The molecule has 0 saturated heterocycles. The number of nitrogens with zero attached hydrogens (tertiary/aromatic N) is 2. The molecule has 2 heteroatoms. The summed E-state index contributed by atoms with van der Waals surface area (Å²) in [6.45, 7) is 4.61. The van der Waals surface area contributed by atoms with Crippen molar-refractivity contribution < 1.29 is 0 Å². The lowest BCUT2D eigenvalue weighted by molar-refractivity contribution is 0.793. The van der Waals surface area contributed by atoms with Gasteiger partial charge in [-0.05, 0) is 141 Å². The Kier molecular flexibility index (Phi) is 8.29. The molecule has 0 N–H and O–H groups in total. The fourth-order valence-electron chi connectivity index (χ4n) is 11.7. The maximum absolute atomic E-state index is 2.57. The topological polar surface area (TPSA) is 8.17 Å². The molecule has 0 bridgehead atoms. The van der Waals surface area contributed by atoms with E-state index in [4.69, 9.17) is 0 Å². The monoisotopic (exact) mass is 828 g/mol. The molecule has 2 nitrogen and oxygen atoms in total. The van der Waals surface area contributed by atoms with Gasteiger partial charge >= 0.3 is 0 Å². The standard InChI is InChI=1S/C63H44N2/c1-41-39-45(48-27-17-33-58-60(48)53-26-12-16-32-57(53)64(58)46-21-7-4-8-22-46)40-42(2)62(41)65(47-37-35-44(36-38-47)43-19-5-3-6-20-43)59-34-18-28-52-51-25-11-15-31-56(51)63(61(52)59)54-29-13-9-23-49(54)50-24-10-14-30-55(50)63/h3-40H,1-2H3. The Hall–Kier alpha value is -8.20. The Bertz CT molecular complexity index is 3580. The van der Waals surface area contributed by atoms with Gasteiger partial charge in [0.2, 0.25) is 0 Å². The normalized spacial score (nSPS) is 12.9. The van der Waals surface area contributed by atoms with Gasteiger partial charge in [0, 0.05) is 27.7 Å². The number of benzene rings is 10. The minimum Gasteiger partial charge on any atom is -0.310 e. The Balaban J connectivity index is 1.07. The summed E-state index contributed by atoms with van der Waals surface area (Å²) in [6, 6.07) is 85.4. The quantitative estimate of drug-likeness (QED) is 0.162. The molecule has 65 heavy (non-hydrogen) atoms. The second-order valence-corrected chi connectivity index (χ2v) is 17.7. The third-order valence-electron chi connectivity index (χ3n) is 14.2. The van der Waals surface area contributed by atoms with E-state index in [0.29, 0.717) is 0 Å². The highest BCUT2D eigenvalue weighted by Crippen LogP contribution is 2.65. The highest BCUT2D eigenvalue weighted by atomic mass is 15.2. The molecular formula is C63H44N2. The van der Waals surface area contributed by atoms with Crippen molar-refractivity contribution in [3.63, 3.8) is 0 Å². The fraction of sp³-hybridized carbons (Fsp3) is 0.0476. The first-order valence-corrected chi connectivity index (χ1v) is 22.7. The van der Waals surface area contributed by atoms with Gasteiger partial charge in [-0.3, -0.25) is 0 Å². The van der Waals surface area contributed by atoms with Crippen molar-refractivity contribution in [3.8, 4) is 50.2 Å². The largest absolute Gasteiger partial charge is 0.310 e. The number of aryl methyl sites for hydroxylation is 2. The molecular weight excluding hydrogens is 785 g/mol. The van der Waals surface area contributed by atoms with E-state index in [1.807, 2.05) is 0 Å². The lowest BCUT2D eigenvalue weighted by Crippen LogP contribution is -2.28. The van der Waals surface area contributed by atoms with Crippen molar-refractivity contribution in [2.45, 2.75) is 19.3 Å². The Labute approximate surface area is 380 Å². The highest BCUT2D eigenvalue weighted by Gasteiger charge is 2.53. The zero-order valence-corrected chi connectivity index (χ0v) is 36.3. The molecule has 0 fully saturated rings. The summed E-state index contributed by atoms with van der Waals surface area (Å²) >= 11 is 0. The molecule has 2 aliphatic rings. The number of rotatable bonds is 6. The number of para-hydroxylation sites is 2. The van der Waals surface area contributed by atoms with Gasteiger partial charge in [0.05, 0.1) is 27.8 Å². The molecule has 0 saturated carbocycles. The third-order valence-corrected chi connectivity index (χ3v) is 14.2. The van der Waals surface area contributed by atoms with E-state index >= 15 is 0 Å². The van der Waals surface area contributed by atoms with Crippen LogP contribution < -0.4 is 4.90 Å². The average molecular weight is 829 g/mol. The van der Waals surface area contributed by atoms with E-state index in [9.17, 15) is 0 Å². The van der Waals surface area contributed by atoms with Gasteiger partial charge < -0.3 is 9.47 Å². The summed E-state index contributed by atoms with van der Waals surface area (Å²) in [5, 5.41) is 2.52. The zero-order valence-electron chi connectivity index (χ0n) is 36.3. The predicted molar refractivity (Wildman–Crippen MR) is 272 cm³/mol. The SMILES string of the molecule is Cc1cc(-c2cccc3c2c2ccccc2n3-c2ccccc2)cc(C)c1N(c1ccc(-c2ccccc2)cc1)c1cccc2c1C1(c3ccccc3-c3ccccc31)c1ccccc1-2. The molecule has 1 spiro atoms. The summed E-state index contributed by atoms with van der Waals surface area (Å²) in [4.78, 5) is 2.57. The van der Waals surface area contributed by atoms with Crippen molar-refractivity contribution in [2.75, 3.05) is 4.90 Å². The van der Waals surface area contributed by atoms with E-state index in [1.54, 1.807) is 0 Å². The number of hydrogen-bond acceptors (Lipinski definition) is 1.